The number of aliphatic hydroxyl groups excluding tert-OH is 1. The van der Waals surface area contributed by atoms with Gasteiger partial charge in [-0.2, -0.15) is 8.42 Å². The number of tetrazole rings is 1. The van der Waals surface area contributed by atoms with Gasteiger partial charge in [-0.3, -0.25) is 19.0 Å². The summed E-state index contributed by atoms with van der Waals surface area (Å²) in [6, 6.07) is 7.17. The molecule has 0 aliphatic carbocycles. The molecule has 188 valence electrons. The van der Waals surface area contributed by atoms with Crippen molar-refractivity contribution in [2.24, 2.45) is 0 Å². The number of aliphatic carboxylic acids is 1. The van der Waals surface area contributed by atoms with E-state index in [1.165, 1.54) is 11.8 Å². The van der Waals surface area contributed by atoms with Gasteiger partial charge in [-0.1, -0.05) is 42.1 Å². The van der Waals surface area contributed by atoms with Crippen LogP contribution >= 0.6 is 23.5 Å². The van der Waals surface area contributed by atoms with Gasteiger partial charge in [-0.05, 0) is 21.6 Å². The van der Waals surface area contributed by atoms with Crippen molar-refractivity contribution < 1.29 is 37.6 Å². The molecule has 2 aliphatic heterocycles. The second-order valence-electron chi connectivity index (χ2n) is 7.43. The number of carboxylic acids is 1. The standard InChI is InChI=1S/C18H18N6O8S3.2Na/c25-13(9-4-2-1-3-5-9)14(26)19-11-15(27)24-12(17(28)29)10(6-33-16(11)24)7-34-18-20-21-22-23(18)8-35(30,31)32;;/h1-5,11,13,16,25H,6-8H2,(H,19,26)(H,28,29)(H,30,31,32);;/t11-,13-,16-;;/m1../s1. The van der Waals surface area contributed by atoms with Crippen LogP contribution in [0.4, 0.5) is 0 Å². The maximum Gasteiger partial charge on any atom is 0.352 e. The second-order valence-corrected chi connectivity index (χ2v) is 10.9. The zero-order valence-corrected chi connectivity index (χ0v) is 26.0. The SMILES string of the molecule is O=C(O)C1=C(CSc2nnnn2CS(=O)(=O)O)CS[C@@H]2[C@H](NC(=O)[C@H](O)c3ccccc3)C(=O)N12.[Na].[Na]. The molecule has 14 nitrogen and oxygen atoms in total. The fourth-order valence-electron chi connectivity index (χ4n) is 3.50. The number of thioether (sulfide) groups is 2. The summed E-state index contributed by atoms with van der Waals surface area (Å²) in [4.78, 5) is 38.3. The van der Waals surface area contributed by atoms with Crippen LogP contribution in [0.1, 0.15) is 11.7 Å². The first-order chi connectivity index (χ1) is 16.6. The zero-order chi connectivity index (χ0) is 25.3. The third-order valence-electron chi connectivity index (χ3n) is 5.07. The number of aromatic nitrogens is 4. The topological polar surface area (TPSA) is 205 Å². The summed E-state index contributed by atoms with van der Waals surface area (Å²) >= 11 is 2.17. The number of carbonyl (C=O) groups excluding carboxylic acids is 2. The number of amides is 2. The first-order valence-electron chi connectivity index (χ1n) is 9.84. The Hall–Kier alpha value is -0.990. The molecule has 1 fully saturated rings. The average molecular weight is 589 g/mol. The molecule has 1 aromatic heterocycles. The number of nitrogens with zero attached hydrogens (tertiary/aromatic N) is 5. The predicted octanol–water partition coefficient (Wildman–Crippen LogP) is -1.68. The van der Waals surface area contributed by atoms with Crippen LogP contribution in [-0.4, -0.2) is 148 Å². The minimum atomic E-state index is -4.40. The summed E-state index contributed by atoms with van der Waals surface area (Å²) in [6.07, 6.45) is -1.48. The molecule has 2 aromatic rings. The fourth-order valence-corrected chi connectivity index (χ4v) is 6.43. The van der Waals surface area contributed by atoms with Crippen molar-refractivity contribution >= 4 is 111 Å². The van der Waals surface area contributed by atoms with E-state index in [4.69, 9.17) is 4.55 Å². The summed E-state index contributed by atoms with van der Waals surface area (Å²) in [5, 5.41) is 32.4. The molecule has 1 aromatic carbocycles. The smallest absolute Gasteiger partial charge is 0.352 e. The molecule has 19 heteroatoms. The number of nitrogens with one attached hydrogen (secondary N) is 1. The number of hydrogen-bond acceptors (Lipinski definition) is 11. The van der Waals surface area contributed by atoms with E-state index in [9.17, 15) is 33.0 Å². The summed E-state index contributed by atoms with van der Waals surface area (Å²) in [7, 11) is -4.40. The van der Waals surface area contributed by atoms with Gasteiger partial charge in [0.05, 0.1) is 0 Å². The van der Waals surface area contributed by atoms with E-state index < -0.39 is 51.3 Å². The number of carboxylic acid groups (broad SMARTS) is 1. The van der Waals surface area contributed by atoms with E-state index in [-0.39, 0.29) is 81.5 Å². The van der Waals surface area contributed by atoms with Gasteiger partial charge >= 0.3 is 5.97 Å². The van der Waals surface area contributed by atoms with Crippen molar-refractivity contribution in [3.05, 3.63) is 47.2 Å². The number of β-lactam (4-membered cyclic amide) rings is 1. The second kappa shape index (κ2) is 13.4. The van der Waals surface area contributed by atoms with Gasteiger partial charge in [0.25, 0.3) is 21.9 Å². The number of benzene rings is 1. The molecule has 4 rings (SSSR count). The van der Waals surface area contributed by atoms with Crippen LogP contribution in [0.3, 0.4) is 0 Å². The third-order valence-corrected chi connectivity index (χ3v) is 8.03. The van der Waals surface area contributed by atoms with Crippen LogP contribution < -0.4 is 5.32 Å². The Morgan fingerprint density at radius 2 is 1.92 bits per heavy atom. The Balaban J connectivity index is 0.00000241. The predicted molar refractivity (Wildman–Crippen MR) is 133 cm³/mol. The van der Waals surface area contributed by atoms with Crippen LogP contribution in [0, 0.1) is 0 Å². The summed E-state index contributed by atoms with van der Waals surface area (Å²) in [6.45, 7) is 0. The Morgan fingerprint density at radius 3 is 2.54 bits per heavy atom. The van der Waals surface area contributed by atoms with Crippen LogP contribution in [0.2, 0.25) is 0 Å². The van der Waals surface area contributed by atoms with E-state index in [2.05, 4.69) is 20.8 Å². The number of aliphatic hydroxyl groups is 1. The van der Waals surface area contributed by atoms with Crippen LogP contribution in [-0.2, 0) is 30.4 Å². The van der Waals surface area contributed by atoms with E-state index in [0.29, 0.717) is 11.1 Å². The van der Waals surface area contributed by atoms with Gasteiger partial charge in [0.15, 0.2) is 12.0 Å². The summed E-state index contributed by atoms with van der Waals surface area (Å²) in [5.41, 5.74) is 0.480. The zero-order valence-electron chi connectivity index (χ0n) is 19.6. The molecular weight excluding hydrogens is 570 g/mol. The Labute approximate surface area is 263 Å². The van der Waals surface area contributed by atoms with Gasteiger partial charge in [0.1, 0.15) is 17.1 Å². The molecule has 37 heavy (non-hydrogen) atoms. The molecular formula is C18H18N6Na2O8S3. The van der Waals surface area contributed by atoms with E-state index >= 15 is 0 Å². The van der Waals surface area contributed by atoms with Crippen LogP contribution in [0.25, 0.3) is 0 Å². The van der Waals surface area contributed by atoms with E-state index in [1.54, 1.807) is 30.3 Å². The van der Waals surface area contributed by atoms with Crippen molar-refractivity contribution in [1.82, 2.24) is 30.4 Å². The molecule has 3 atom stereocenters. The molecule has 3 heterocycles. The van der Waals surface area contributed by atoms with Crippen molar-refractivity contribution in [2.45, 2.75) is 28.6 Å². The van der Waals surface area contributed by atoms with Crippen molar-refractivity contribution in [3.63, 3.8) is 0 Å². The number of hydrogen-bond donors (Lipinski definition) is 4. The minimum Gasteiger partial charge on any atom is -0.477 e. The van der Waals surface area contributed by atoms with Gasteiger partial charge in [0.2, 0.25) is 5.16 Å². The Bertz CT molecular complexity index is 1310. The first-order valence-corrected chi connectivity index (χ1v) is 13.5. The van der Waals surface area contributed by atoms with Gasteiger partial charge in [-0.25, -0.2) is 9.48 Å². The molecule has 0 spiro atoms. The molecule has 2 aliphatic rings. The summed E-state index contributed by atoms with van der Waals surface area (Å²) in [5.74, 6) is -3.39. The summed E-state index contributed by atoms with van der Waals surface area (Å²) < 4.78 is 32.0. The molecule has 2 amide bonds. The van der Waals surface area contributed by atoms with E-state index in [1.807, 2.05) is 0 Å². The molecule has 1 saturated heterocycles. The largest absolute Gasteiger partial charge is 0.477 e. The average Bonchev–Trinajstić information content (AvgIpc) is 3.25. The van der Waals surface area contributed by atoms with Gasteiger partial charge in [-0.15, -0.1) is 16.9 Å². The Kier molecular flexibility index (Phi) is 11.7. The normalized spacial score (nSPS) is 19.6. The van der Waals surface area contributed by atoms with Crippen LogP contribution in [0.5, 0.6) is 0 Å². The molecule has 0 saturated carbocycles. The third kappa shape index (κ3) is 7.36. The van der Waals surface area contributed by atoms with Gasteiger partial charge < -0.3 is 15.5 Å². The molecule has 4 N–H and O–H groups in total. The quantitative estimate of drug-likeness (QED) is 0.112. The monoisotopic (exact) mass is 588 g/mol. The van der Waals surface area contributed by atoms with Crippen molar-refractivity contribution in [3.8, 4) is 0 Å². The molecule has 2 radical (unpaired) electrons. The van der Waals surface area contributed by atoms with E-state index in [0.717, 1.165) is 21.3 Å². The number of fused-ring (bicyclic) bond motifs is 1. The number of rotatable bonds is 9. The minimum absolute atomic E-state index is 0. The number of carbonyl (C=O) groups is 3. The van der Waals surface area contributed by atoms with Crippen molar-refractivity contribution in [1.29, 1.82) is 0 Å². The van der Waals surface area contributed by atoms with Crippen molar-refractivity contribution in [2.75, 3.05) is 11.5 Å². The maximum atomic E-state index is 12.8. The molecule has 0 bridgehead atoms. The molecule has 0 unspecified atom stereocenters. The Morgan fingerprint density at radius 1 is 1.24 bits per heavy atom. The van der Waals surface area contributed by atoms with Gasteiger partial charge in [0, 0.05) is 70.6 Å². The fraction of sp³-hybridized carbons (Fsp3) is 0.333. The van der Waals surface area contributed by atoms with Crippen LogP contribution in [0.15, 0.2) is 46.8 Å². The maximum absolute atomic E-state index is 12.8. The first kappa shape index (κ1) is 32.2.